The Morgan fingerprint density at radius 2 is 1.60 bits per heavy atom. The van der Waals surface area contributed by atoms with E-state index in [1.54, 1.807) is 0 Å². The van der Waals surface area contributed by atoms with E-state index in [2.05, 4.69) is 0 Å². The maximum absolute atomic E-state index is 11.5. The van der Waals surface area contributed by atoms with Gasteiger partial charge in [0.25, 0.3) is 0 Å². The number of primary sulfonamides is 1. The van der Waals surface area contributed by atoms with E-state index in [0.29, 0.717) is 12.5 Å². The first kappa shape index (κ1) is 16.2. The van der Waals surface area contributed by atoms with E-state index < -0.39 is 10.0 Å². The molecule has 0 aromatic rings. The first-order valence-corrected chi connectivity index (χ1v) is 9.79. The number of hydrogen-bond acceptors (Lipinski definition) is 3. The van der Waals surface area contributed by atoms with Gasteiger partial charge in [0.15, 0.2) is 0 Å². The molecular formula is C15H29NO3S. The van der Waals surface area contributed by atoms with Crippen LogP contribution in [-0.4, -0.2) is 27.4 Å². The predicted octanol–water partition coefficient (Wildman–Crippen LogP) is 2.82. The minimum absolute atomic E-state index is 0.0880. The Kier molecular flexibility index (Phi) is 5.87. The summed E-state index contributed by atoms with van der Waals surface area (Å²) < 4.78 is 28.9. The van der Waals surface area contributed by atoms with E-state index >= 15 is 0 Å². The number of rotatable bonds is 6. The van der Waals surface area contributed by atoms with Crippen LogP contribution in [0.2, 0.25) is 0 Å². The van der Waals surface area contributed by atoms with Crippen molar-refractivity contribution in [2.75, 3.05) is 19.0 Å². The molecule has 0 radical (unpaired) electrons. The third-order valence-electron chi connectivity index (χ3n) is 4.91. The Hall–Kier alpha value is -0.130. The van der Waals surface area contributed by atoms with Crippen molar-refractivity contribution in [3.05, 3.63) is 0 Å². The van der Waals surface area contributed by atoms with Gasteiger partial charge in [-0.15, -0.1) is 0 Å². The van der Waals surface area contributed by atoms with E-state index in [1.807, 2.05) is 0 Å². The van der Waals surface area contributed by atoms with Crippen molar-refractivity contribution >= 4 is 10.0 Å². The quantitative estimate of drug-likeness (QED) is 0.820. The Labute approximate surface area is 123 Å². The van der Waals surface area contributed by atoms with Gasteiger partial charge >= 0.3 is 0 Å². The molecule has 2 rings (SSSR count). The molecule has 2 aliphatic rings. The molecule has 2 fully saturated rings. The fourth-order valence-corrected chi connectivity index (χ4v) is 5.08. The fourth-order valence-electron chi connectivity index (χ4n) is 3.85. The minimum atomic E-state index is -3.42. The molecule has 0 aliphatic heterocycles. The standard InChI is InChI=1S/C15H29NO3S/c16-20(17,18)13-15(9-5-2-6-10-15)12-19-11-14-7-3-1-4-8-14/h14H,1-13H2,(H2,16,17,18). The molecular weight excluding hydrogens is 274 g/mol. The molecule has 20 heavy (non-hydrogen) atoms. The van der Waals surface area contributed by atoms with Crippen molar-refractivity contribution in [3.8, 4) is 0 Å². The van der Waals surface area contributed by atoms with Gasteiger partial charge < -0.3 is 4.74 Å². The molecule has 2 N–H and O–H groups in total. The zero-order valence-corrected chi connectivity index (χ0v) is 13.3. The maximum Gasteiger partial charge on any atom is 0.209 e. The molecule has 2 saturated carbocycles. The average molecular weight is 303 g/mol. The van der Waals surface area contributed by atoms with Gasteiger partial charge in [0.05, 0.1) is 12.4 Å². The highest BCUT2D eigenvalue weighted by Gasteiger charge is 2.36. The van der Waals surface area contributed by atoms with Crippen LogP contribution in [0.1, 0.15) is 64.2 Å². The van der Waals surface area contributed by atoms with E-state index in [-0.39, 0.29) is 11.2 Å². The highest BCUT2D eigenvalue weighted by atomic mass is 32.2. The lowest BCUT2D eigenvalue weighted by atomic mass is 9.76. The van der Waals surface area contributed by atoms with Crippen LogP contribution in [-0.2, 0) is 14.8 Å². The summed E-state index contributed by atoms with van der Waals surface area (Å²) in [5, 5.41) is 5.28. The number of hydrogen-bond donors (Lipinski definition) is 1. The zero-order chi connectivity index (χ0) is 14.5. The minimum Gasteiger partial charge on any atom is -0.381 e. The summed E-state index contributed by atoms with van der Waals surface area (Å²) in [6.45, 7) is 1.37. The average Bonchev–Trinajstić information content (AvgIpc) is 2.39. The smallest absolute Gasteiger partial charge is 0.209 e. The normalized spacial score (nSPS) is 24.6. The van der Waals surface area contributed by atoms with Gasteiger partial charge in [-0.25, -0.2) is 13.6 Å². The van der Waals surface area contributed by atoms with Gasteiger partial charge in [0, 0.05) is 12.0 Å². The van der Waals surface area contributed by atoms with Crippen LogP contribution in [0.5, 0.6) is 0 Å². The molecule has 0 bridgehead atoms. The first-order chi connectivity index (χ1) is 9.49. The highest BCUT2D eigenvalue weighted by Crippen LogP contribution is 2.38. The fraction of sp³-hybridized carbons (Fsp3) is 1.00. The topological polar surface area (TPSA) is 69.4 Å². The van der Waals surface area contributed by atoms with Crippen molar-refractivity contribution < 1.29 is 13.2 Å². The zero-order valence-electron chi connectivity index (χ0n) is 12.5. The van der Waals surface area contributed by atoms with Crippen LogP contribution in [0.15, 0.2) is 0 Å². The monoisotopic (exact) mass is 303 g/mol. The SMILES string of the molecule is NS(=O)(=O)CC1(COCC2CCCCC2)CCCCC1. The summed E-state index contributed by atoms with van der Waals surface area (Å²) in [5.74, 6) is 0.767. The molecule has 2 aliphatic carbocycles. The Bertz CT molecular complexity index is 382. The molecule has 0 aromatic heterocycles. The van der Waals surface area contributed by atoms with Crippen molar-refractivity contribution in [3.63, 3.8) is 0 Å². The molecule has 0 heterocycles. The summed E-state index contributed by atoms with van der Waals surface area (Å²) in [5.41, 5.74) is -0.222. The van der Waals surface area contributed by atoms with E-state index in [0.717, 1.165) is 32.3 Å². The third-order valence-corrected chi connectivity index (χ3v) is 5.92. The van der Waals surface area contributed by atoms with Crippen LogP contribution in [0.25, 0.3) is 0 Å². The molecule has 0 spiro atoms. The van der Waals surface area contributed by atoms with Gasteiger partial charge in [-0.3, -0.25) is 0 Å². The highest BCUT2D eigenvalue weighted by molar-refractivity contribution is 7.89. The predicted molar refractivity (Wildman–Crippen MR) is 80.9 cm³/mol. The largest absolute Gasteiger partial charge is 0.381 e. The number of nitrogens with two attached hydrogens (primary N) is 1. The van der Waals surface area contributed by atoms with Crippen LogP contribution < -0.4 is 5.14 Å². The van der Waals surface area contributed by atoms with Crippen LogP contribution in [0.3, 0.4) is 0 Å². The Balaban J connectivity index is 1.83. The molecule has 0 atom stereocenters. The van der Waals surface area contributed by atoms with Gasteiger partial charge in [0.1, 0.15) is 0 Å². The van der Waals surface area contributed by atoms with Crippen LogP contribution >= 0.6 is 0 Å². The molecule has 4 nitrogen and oxygen atoms in total. The second kappa shape index (κ2) is 7.23. The van der Waals surface area contributed by atoms with Gasteiger partial charge in [-0.1, -0.05) is 38.5 Å². The maximum atomic E-state index is 11.5. The van der Waals surface area contributed by atoms with Gasteiger partial charge in [-0.05, 0) is 31.6 Å². The Morgan fingerprint density at radius 1 is 1.00 bits per heavy atom. The lowest BCUT2D eigenvalue weighted by Gasteiger charge is -2.36. The van der Waals surface area contributed by atoms with Gasteiger partial charge in [0.2, 0.25) is 10.0 Å². The van der Waals surface area contributed by atoms with Crippen molar-refractivity contribution in [1.29, 1.82) is 0 Å². The number of sulfonamides is 1. The number of ether oxygens (including phenoxy) is 1. The summed E-state index contributed by atoms with van der Waals surface area (Å²) in [7, 11) is -3.42. The summed E-state index contributed by atoms with van der Waals surface area (Å²) in [4.78, 5) is 0. The van der Waals surface area contributed by atoms with Crippen LogP contribution in [0.4, 0.5) is 0 Å². The molecule has 0 saturated heterocycles. The molecule has 0 aromatic carbocycles. The summed E-state index contributed by atoms with van der Waals surface area (Å²) in [6.07, 6.45) is 11.8. The van der Waals surface area contributed by atoms with E-state index in [1.165, 1.54) is 38.5 Å². The van der Waals surface area contributed by atoms with Crippen LogP contribution in [0, 0.1) is 11.3 Å². The molecule has 5 heteroatoms. The summed E-state index contributed by atoms with van der Waals surface area (Å²) >= 11 is 0. The van der Waals surface area contributed by atoms with E-state index in [9.17, 15) is 8.42 Å². The second-order valence-corrected chi connectivity index (χ2v) is 8.50. The van der Waals surface area contributed by atoms with Crippen molar-refractivity contribution in [2.24, 2.45) is 16.5 Å². The van der Waals surface area contributed by atoms with Crippen molar-refractivity contribution in [1.82, 2.24) is 0 Å². The molecule has 0 unspecified atom stereocenters. The lowest BCUT2D eigenvalue weighted by Crippen LogP contribution is -2.39. The van der Waals surface area contributed by atoms with E-state index in [4.69, 9.17) is 9.88 Å². The summed E-state index contributed by atoms with van der Waals surface area (Å²) in [6, 6.07) is 0. The second-order valence-electron chi connectivity index (χ2n) is 6.89. The first-order valence-electron chi connectivity index (χ1n) is 8.07. The van der Waals surface area contributed by atoms with Crippen molar-refractivity contribution in [2.45, 2.75) is 64.2 Å². The Morgan fingerprint density at radius 3 is 2.20 bits per heavy atom. The van der Waals surface area contributed by atoms with Gasteiger partial charge in [-0.2, -0.15) is 0 Å². The molecule has 118 valence electrons. The third kappa shape index (κ3) is 5.34. The lowest BCUT2D eigenvalue weighted by molar-refractivity contribution is 0.0103. The molecule has 0 amide bonds.